The van der Waals surface area contributed by atoms with Crippen molar-refractivity contribution >= 4 is 17.7 Å². The molecule has 0 amide bonds. The highest BCUT2D eigenvalue weighted by atomic mass is 35.5. The Bertz CT molecular complexity index is 565. The van der Waals surface area contributed by atoms with Crippen molar-refractivity contribution in [3.05, 3.63) is 54.4 Å². The molecule has 2 atom stereocenters. The number of nitrogens with zero attached hydrogens (tertiary/aromatic N) is 4. The Balaban J connectivity index is 1.86. The lowest BCUT2D eigenvalue weighted by atomic mass is 10.0. The average molecular weight is 304 g/mol. The normalized spacial score (nSPS) is 23.2. The van der Waals surface area contributed by atoms with Crippen LogP contribution < -0.4 is 10.6 Å². The van der Waals surface area contributed by atoms with Gasteiger partial charge in [-0.25, -0.2) is 14.4 Å². The van der Waals surface area contributed by atoms with Crippen LogP contribution in [0, 0.1) is 0 Å². The van der Waals surface area contributed by atoms with Gasteiger partial charge in [0.2, 0.25) is 5.95 Å². The summed E-state index contributed by atoms with van der Waals surface area (Å²) in [4.78, 5) is 10.8. The molecule has 1 aliphatic rings. The molecule has 2 aromatic rings. The molecule has 6 heteroatoms. The van der Waals surface area contributed by atoms with Crippen LogP contribution >= 0.6 is 11.8 Å². The molecule has 0 bridgehead atoms. The number of hydrogen-bond donors (Lipinski definition) is 1. The van der Waals surface area contributed by atoms with Crippen LogP contribution in [0.4, 0.5) is 5.95 Å². The average Bonchev–Trinajstić information content (AvgIpc) is 2.48. The lowest BCUT2D eigenvalue weighted by Crippen LogP contribution is -2.61. The van der Waals surface area contributed by atoms with Crippen molar-refractivity contribution in [2.75, 3.05) is 18.0 Å². The Hall–Kier alpha value is -1.69. The zero-order valence-corrected chi connectivity index (χ0v) is 12.4. The fourth-order valence-corrected chi connectivity index (χ4v) is 3.04. The van der Waals surface area contributed by atoms with E-state index in [1.54, 1.807) is 22.9 Å². The number of piperazine rings is 1. The molecule has 5 nitrogen and oxygen atoms in total. The second kappa shape index (κ2) is 6.39. The molecule has 0 saturated carbocycles. The number of aromatic nitrogens is 2. The minimum atomic E-state index is -0.215. The highest BCUT2D eigenvalue weighted by Gasteiger charge is 2.33. The van der Waals surface area contributed by atoms with Gasteiger partial charge in [0.05, 0.1) is 12.2 Å². The van der Waals surface area contributed by atoms with Gasteiger partial charge in [0.15, 0.2) is 0 Å². The van der Waals surface area contributed by atoms with Gasteiger partial charge >= 0.3 is 0 Å². The summed E-state index contributed by atoms with van der Waals surface area (Å²) in [5, 5.41) is 0. The van der Waals surface area contributed by atoms with Gasteiger partial charge in [0.1, 0.15) is 0 Å². The van der Waals surface area contributed by atoms with E-state index in [2.05, 4.69) is 27.0 Å². The van der Waals surface area contributed by atoms with Crippen LogP contribution in [-0.2, 0) is 6.42 Å². The van der Waals surface area contributed by atoms with E-state index in [0.717, 1.165) is 13.0 Å². The predicted molar refractivity (Wildman–Crippen MR) is 83.8 cm³/mol. The molecular formula is C15H18ClN5. The number of anilines is 1. The van der Waals surface area contributed by atoms with Crippen LogP contribution in [-0.4, -0.2) is 39.7 Å². The van der Waals surface area contributed by atoms with Crippen molar-refractivity contribution < 1.29 is 0 Å². The van der Waals surface area contributed by atoms with Crippen LogP contribution in [0.3, 0.4) is 0 Å². The van der Waals surface area contributed by atoms with Crippen molar-refractivity contribution in [3.63, 3.8) is 0 Å². The van der Waals surface area contributed by atoms with Gasteiger partial charge < -0.3 is 10.6 Å². The van der Waals surface area contributed by atoms with Gasteiger partial charge in [0.25, 0.3) is 0 Å². The molecule has 21 heavy (non-hydrogen) atoms. The molecule has 2 N–H and O–H groups in total. The van der Waals surface area contributed by atoms with Crippen LogP contribution in [0.15, 0.2) is 48.8 Å². The maximum Gasteiger partial charge on any atom is 0.226 e. The second-order valence-corrected chi connectivity index (χ2v) is 5.67. The van der Waals surface area contributed by atoms with Crippen LogP contribution in [0.1, 0.15) is 5.56 Å². The molecule has 1 aromatic carbocycles. The quantitative estimate of drug-likeness (QED) is 0.874. The molecule has 0 spiro atoms. The van der Waals surface area contributed by atoms with Gasteiger partial charge in [-0.3, -0.25) is 0 Å². The third-order valence-corrected chi connectivity index (χ3v) is 3.92. The third kappa shape index (κ3) is 3.32. The molecule has 0 aliphatic carbocycles. The molecule has 1 aromatic heterocycles. The number of hydrogen-bond acceptors (Lipinski definition) is 5. The molecular weight excluding hydrogens is 286 g/mol. The number of rotatable bonds is 3. The summed E-state index contributed by atoms with van der Waals surface area (Å²) in [5.41, 5.74) is 7.52. The fraction of sp³-hybridized carbons (Fsp3) is 0.333. The smallest absolute Gasteiger partial charge is 0.226 e. The summed E-state index contributed by atoms with van der Waals surface area (Å²) >= 11 is 6.21. The minimum Gasteiger partial charge on any atom is -0.319 e. The summed E-state index contributed by atoms with van der Waals surface area (Å²) in [7, 11) is 0. The van der Waals surface area contributed by atoms with Gasteiger partial charge in [-0.1, -0.05) is 30.3 Å². The molecule has 1 fully saturated rings. The summed E-state index contributed by atoms with van der Waals surface area (Å²) in [6.07, 6.45) is 4.12. The predicted octanol–water partition coefficient (Wildman–Crippen LogP) is 1.65. The van der Waals surface area contributed by atoms with Crippen molar-refractivity contribution in [1.82, 2.24) is 14.4 Å². The van der Waals surface area contributed by atoms with E-state index in [-0.39, 0.29) is 12.2 Å². The van der Waals surface area contributed by atoms with Gasteiger partial charge in [-0.05, 0) is 29.8 Å². The molecule has 2 unspecified atom stereocenters. The molecule has 110 valence electrons. The fourth-order valence-electron chi connectivity index (χ4n) is 2.74. The third-order valence-electron chi connectivity index (χ3n) is 3.64. The highest BCUT2D eigenvalue weighted by molar-refractivity contribution is 6.13. The molecule has 0 radical (unpaired) electrons. The van der Waals surface area contributed by atoms with Crippen molar-refractivity contribution in [3.8, 4) is 0 Å². The molecule has 1 saturated heterocycles. The van der Waals surface area contributed by atoms with Crippen LogP contribution in [0.5, 0.6) is 0 Å². The number of benzene rings is 1. The topological polar surface area (TPSA) is 58.3 Å². The van der Waals surface area contributed by atoms with Gasteiger partial charge in [-0.15, -0.1) is 0 Å². The largest absolute Gasteiger partial charge is 0.319 e. The lowest BCUT2D eigenvalue weighted by Gasteiger charge is -2.43. The van der Waals surface area contributed by atoms with Crippen molar-refractivity contribution in [2.24, 2.45) is 5.73 Å². The van der Waals surface area contributed by atoms with E-state index < -0.39 is 0 Å². The number of nitrogens with two attached hydrogens (primary N) is 1. The van der Waals surface area contributed by atoms with E-state index >= 15 is 0 Å². The standard InChI is InChI=1S/C15H18ClN5/c16-20-10-13(9-12-5-2-1-3-6-12)21(14(17)11-20)15-18-7-4-8-19-15/h1-8,13-14H,9-11,17H2. The van der Waals surface area contributed by atoms with Crippen molar-refractivity contribution in [1.29, 1.82) is 0 Å². The van der Waals surface area contributed by atoms with Crippen LogP contribution in [0.25, 0.3) is 0 Å². The number of halogens is 1. The first-order valence-corrected chi connectivity index (χ1v) is 7.33. The monoisotopic (exact) mass is 303 g/mol. The lowest BCUT2D eigenvalue weighted by molar-refractivity contribution is 0.292. The first kappa shape index (κ1) is 14.3. The highest BCUT2D eigenvalue weighted by Crippen LogP contribution is 2.22. The van der Waals surface area contributed by atoms with E-state index in [1.165, 1.54) is 5.56 Å². The molecule has 3 rings (SSSR count). The van der Waals surface area contributed by atoms with E-state index in [9.17, 15) is 0 Å². The Morgan fingerprint density at radius 1 is 1.10 bits per heavy atom. The summed E-state index contributed by atoms with van der Waals surface area (Å²) < 4.78 is 1.75. The van der Waals surface area contributed by atoms with Gasteiger partial charge in [0, 0.05) is 25.5 Å². The Labute approximate surface area is 129 Å². The zero-order chi connectivity index (χ0) is 14.7. The summed E-state index contributed by atoms with van der Waals surface area (Å²) in [5.74, 6) is 0.663. The Morgan fingerprint density at radius 2 is 1.81 bits per heavy atom. The Kier molecular flexibility index (Phi) is 4.34. The Morgan fingerprint density at radius 3 is 2.52 bits per heavy atom. The molecule has 2 heterocycles. The minimum absolute atomic E-state index is 0.149. The second-order valence-electron chi connectivity index (χ2n) is 5.19. The van der Waals surface area contributed by atoms with E-state index in [0.29, 0.717) is 12.5 Å². The first-order valence-electron chi connectivity index (χ1n) is 6.99. The zero-order valence-electron chi connectivity index (χ0n) is 11.6. The molecule has 1 aliphatic heterocycles. The maximum atomic E-state index is 6.27. The SMILES string of the molecule is NC1CN(Cl)CC(Cc2ccccc2)N1c1ncccn1. The summed E-state index contributed by atoms with van der Waals surface area (Å²) in [6.45, 7) is 1.31. The van der Waals surface area contributed by atoms with E-state index in [4.69, 9.17) is 17.5 Å². The maximum absolute atomic E-state index is 6.27. The van der Waals surface area contributed by atoms with Crippen molar-refractivity contribution in [2.45, 2.75) is 18.6 Å². The van der Waals surface area contributed by atoms with Crippen LogP contribution in [0.2, 0.25) is 0 Å². The van der Waals surface area contributed by atoms with E-state index in [1.807, 2.05) is 18.2 Å². The summed E-state index contributed by atoms with van der Waals surface area (Å²) in [6, 6.07) is 12.3. The van der Waals surface area contributed by atoms with Gasteiger partial charge in [-0.2, -0.15) is 0 Å². The first-order chi connectivity index (χ1) is 10.2.